The lowest BCUT2D eigenvalue weighted by Gasteiger charge is -2.05. The molecule has 11 heavy (non-hydrogen) atoms. The molecule has 1 rings (SSSR count). The number of ether oxygens (including phenoxy) is 1. The second-order valence-electron chi connectivity index (χ2n) is 3.32. The molecule has 0 saturated heterocycles. The van der Waals surface area contributed by atoms with E-state index in [1.165, 1.54) is 0 Å². The number of carboxylic acids is 1. The average Bonchev–Trinajstić information content (AvgIpc) is 2.61. The minimum atomic E-state index is -0.678. The van der Waals surface area contributed by atoms with Crippen molar-refractivity contribution in [3.8, 4) is 0 Å². The maximum absolute atomic E-state index is 10.4. The lowest BCUT2D eigenvalue weighted by Crippen LogP contribution is -2.08. The summed E-state index contributed by atoms with van der Waals surface area (Å²) >= 11 is 0. The topological polar surface area (TPSA) is 46.5 Å². The summed E-state index contributed by atoms with van der Waals surface area (Å²) in [7, 11) is 0. The number of hydrogen-bond donors (Lipinski definition) is 1. The Morgan fingerprint density at radius 1 is 1.73 bits per heavy atom. The Kier molecular flexibility index (Phi) is 2.49. The smallest absolute Gasteiger partial charge is 0.306 e. The Balaban J connectivity index is 2.09. The first-order valence-electron chi connectivity index (χ1n) is 3.95. The third-order valence-electron chi connectivity index (χ3n) is 1.88. The molecule has 0 aromatic heterocycles. The molecule has 0 amide bonds. The van der Waals surface area contributed by atoms with Crippen LogP contribution in [0.5, 0.6) is 0 Å². The Morgan fingerprint density at radius 2 is 2.36 bits per heavy atom. The van der Waals surface area contributed by atoms with E-state index in [1.54, 1.807) is 0 Å². The van der Waals surface area contributed by atoms with Gasteiger partial charge in [-0.3, -0.25) is 4.79 Å². The molecule has 0 bridgehead atoms. The van der Waals surface area contributed by atoms with E-state index < -0.39 is 5.97 Å². The summed E-state index contributed by atoms with van der Waals surface area (Å²) in [6, 6.07) is 0. The first-order valence-corrected chi connectivity index (χ1v) is 3.95. The fourth-order valence-corrected chi connectivity index (χ4v) is 1.05. The minimum Gasteiger partial charge on any atom is -0.481 e. The van der Waals surface area contributed by atoms with Crippen LogP contribution in [0.3, 0.4) is 0 Å². The van der Waals surface area contributed by atoms with E-state index in [0.29, 0.717) is 6.61 Å². The minimum absolute atomic E-state index is 0.131. The maximum Gasteiger partial charge on any atom is 0.306 e. The summed E-state index contributed by atoms with van der Waals surface area (Å²) in [5, 5.41) is 8.53. The van der Waals surface area contributed by atoms with Crippen LogP contribution in [0.4, 0.5) is 0 Å². The molecule has 3 heteroatoms. The molecular weight excluding hydrogens is 144 g/mol. The molecule has 1 fully saturated rings. The summed E-state index contributed by atoms with van der Waals surface area (Å²) in [6.45, 7) is 4.52. The van der Waals surface area contributed by atoms with Gasteiger partial charge < -0.3 is 9.84 Å². The monoisotopic (exact) mass is 158 g/mol. The predicted molar refractivity (Wildman–Crippen MR) is 40.3 cm³/mol. The maximum atomic E-state index is 10.4. The summed E-state index contributed by atoms with van der Waals surface area (Å²) in [5.74, 6) is -0.536. The van der Waals surface area contributed by atoms with Crippen LogP contribution in [0.15, 0.2) is 0 Å². The molecule has 0 radical (unpaired) electrons. The van der Waals surface area contributed by atoms with Crippen LogP contribution in [0.25, 0.3) is 0 Å². The molecule has 0 aromatic carbocycles. The molecule has 0 aliphatic heterocycles. The SMILES string of the molecule is CC(C)OC[C@@H]1C[C@H]1C(=O)O. The van der Waals surface area contributed by atoms with Gasteiger partial charge in [-0.1, -0.05) is 0 Å². The molecule has 1 saturated carbocycles. The predicted octanol–water partition coefficient (Wildman–Crippen LogP) is 1.13. The Hall–Kier alpha value is -0.570. The molecule has 1 aliphatic rings. The Bertz CT molecular complexity index is 153. The van der Waals surface area contributed by atoms with Gasteiger partial charge in [-0.25, -0.2) is 0 Å². The van der Waals surface area contributed by atoms with Crippen LogP contribution in [0.1, 0.15) is 20.3 Å². The van der Waals surface area contributed by atoms with E-state index >= 15 is 0 Å². The van der Waals surface area contributed by atoms with Crippen molar-refractivity contribution in [1.82, 2.24) is 0 Å². The van der Waals surface area contributed by atoms with Crippen molar-refractivity contribution < 1.29 is 14.6 Å². The van der Waals surface area contributed by atoms with Gasteiger partial charge in [0, 0.05) is 0 Å². The molecule has 2 atom stereocenters. The van der Waals surface area contributed by atoms with Crippen LogP contribution in [0.2, 0.25) is 0 Å². The molecule has 0 heterocycles. The van der Waals surface area contributed by atoms with Gasteiger partial charge in [0.15, 0.2) is 0 Å². The molecule has 1 N–H and O–H groups in total. The fourth-order valence-electron chi connectivity index (χ4n) is 1.05. The van der Waals surface area contributed by atoms with E-state index in [1.807, 2.05) is 13.8 Å². The highest BCUT2D eigenvalue weighted by Gasteiger charge is 2.43. The van der Waals surface area contributed by atoms with Gasteiger partial charge >= 0.3 is 5.97 Å². The van der Waals surface area contributed by atoms with Gasteiger partial charge in [-0.2, -0.15) is 0 Å². The second kappa shape index (κ2) is 3.22. The molecular formula is C8H14O3. The lowest BCUT2D eigenvalue weighted by atomic mass is 10.3. The molecule has 0 aromatic rings. The van der Waals surface area contributed by atoms with Crippen molar-refractivity contribution in [3.05, 3.63) is 0 Å². The number of rotatable bonds is 4. The van der Waals surface area contributed by atoms with E-state index in [0.717, 1.165) is 6.42 Å². The Labute approximate surface area is 66.4 Å². The zero-order valence-electron chi connectivity index (χ0n) is 6.91. The zero-order chi connectivity index (χ0) is 8.43. The van der Waals surface area contributed by atoms with Crippen LogP contribution < -0.4 is 0 Å². The Morgan fingerprint density at radius 3 is 2.73 bits per heavy atom. The zero-order valence-corrected chi connectivity index (χ0v) is 6.91. The molecule has 3 nitrogen and oxygen atoms in total. The van der Waals surface area contributed by atoms with Crippen molar-refractivity contribution in [2.45, 2.75) is 26.4 Å². The van der Waals surface area contributed by atoms with Gasteiger partial charge in [0.25, 0.3) is 0 Å². The largest absolute Gasteiger partial charge is 0.481 e. The van der Waals surface area contributed by atoms with E-state index in [2.05, 4.69) is 0 Å². The van der Waals surface area contributed by atoms with Crippen LogP contribution in [-0.2, 0) is 9.53 Å². The fraction of sp³-hybridized carbons (Fsp3) is 0.875. The van der Waals surface area contributed by atoms with E-state index in [-0.39, 0.29) is 17.9 Å². The first-order chi connectivity index (χ1) is 5.11. The van der Waals surface area contributed by atoms with Crippen molar-refractivity contribution in [2.24, 2.45) is 11.8 Å². The highest BCUT2D eigenvalue weighted by Crippen LogP contribution is 2.38. The standard InChI is InChI=1S/C8H14O3/c1-5(2)11-4-6-3-7(6)8(9)10/h5-7H,3-4H2,1-2H3,(H,9,10)/t6-,7+/m0/s1. The first kappa shape index (κ1) is 8.53. The van der Waals surface area contributed by atoms with Gasteiger partial charge in [0.1, 0.15) is 0 Å². The lowest BCUT2D eigenvalue weighted by molar-refractivity contribution is -0.139. The highest BCUT2D eigenvalue weighted by atomic mass is 16.5. The van der Waals surface area contributed by atoms with Gasteiger partial charge in [-0.05, 0) is 26.2 Å². The van der Waals surface area contributed by atoms with Crippen LogP contribution in [-0.4, -0.2) is 23.8 Å². The van der Waals surface area contributed by atoms with E-state index in [9.17, 15) is 4.79 Å². The third kappa shape index (κ3) is 2.50. The quantitative estimate of drug-likeness (QED) is 0.667. The normalized spacial score (nSPS) is 29.0. The average molecular weight is 158 g/mol. The van der Waals surface area contributed by atoms with Crippen molar-refractivity contribution in [3.63, 3.8) is 0 Å². The number of carbonyl (C=O) groups is 1. The van der Waals surface area contributed by atoms with Gasteiger partial charge in [0.05, 0.1) is 18.6 Å². The van der Waals surface area contributed by atoms with Gasteiger partial charge in [-0.15, -0.1) is 0 Å². The number of hydrogen-bond acceptors (Lipinski definition) is 2. The van der Waals surface area contributed by atoms with Gasteiger partial charge in [0.2, 0.25) is 0 Å². The third-order valence-corrected chi connectivity index (χ3v) is 1.88. The highest BCUT2D eigenvalue weighted by molar-refractivity contribution is 5.73. The van der Waals surface area contributed by atoms with E-state index in [4.69, 9.17) is 9.84 Å². The van der Waals surface area contributed by atoms with Crippen molar-refractivity contribution >= 4 is 5.97 Å². The molecule has 1 aliphatic carbocycles. The van der Waals surface area contributed by atoms with Crippen molar-refractivity contribution in [2.75, 3.05) is 6.61 Å². The van der Waals surface area contributed by atoms with Crippen LogP contribution in [0, 0.1) is 11.8 Å². The number of aliphatic carboxylic acids is 1. The summed E-state index contributed by atoms with van der Waals surface area (Å²) in [6.07, 6.45) is 1.01. The molecule has 64 valence electrons. The van der Waals surface area contributed by atoms with Crippen molar-refractivity contribution in [1.29, 1.82) is 0 Å². The summed E-state index contributed by atoms with van der Waals surface area (Å²) in [5.41, 5.74) is 0. The summed E-state index contributed by atoms with van der Waals surface area (Å²) in [4.78, 5) is 10.4. The number of carboxylic acid groups (broad SMARTS) is 1. The molecule has 0 unspecified atom stereocenters. The second-order valence-corrected chi connectivity index (χ2v) is 3.32. The molecule has 0 spiro atoms. The summed E-state index contributed by atoms with van der Waals surface area (Å²) < 4.78 is 5.28. The van der Waals surface area contributed by atoms with Crippen LogP contribution >= 0.6 is 0 Å².